The van der Waals surface area contributed by atoms with E-state index in [0.717, 1.165) is 32.1 Å². The summed E-state index contributed by atoms with van der Waals surface area (Å²) in [7, 11) is 0. The van der Waals surface area contributed by atoms with Gasteiger partial charge in [-0.3, -0.25) is 9.59 Å². The van der Waals surface area contributed by atoms with E-state index in [2.05, 4.69) is 10.6 Å². The number of rotatable bonds is 6. The first-order valence-corrected chi connectivity index (χ1v) is 6.40. The van der Waals surface area contributed by atoms with Crippen LogP contribution in [0.3, 0.4) is 0 Å². The molecule has 1 fully saturated rings. The summed E-state index contributed by atoms with van der Waals surface area (Å²) >= 11 is 0. The molecule has 2 amide bonds. The zero-order valence-electron chi connectivity index (χ0n) is 10.9. The minimum atomic E-state index is -0.368. The fourth-order valence-corrected chi connectivity index (χ4v) is 2.33. The lowest BCUT2D eigenvalue weighted by Gasteiger charge is -2.23. The number of hydrogen-bond acceptors (Lipinski definition) is 3. The van der Waals surface area contributed by atoms with Crippen LogP contribution in [0.15, 0.2) is 0 Å². The molecule has 106 valence electrons. The molecule has 5 nitrogen and oxygen atoms in total. The molecule has 0 aliphatic heterocycles. The topological polar surface area (TPSA) is 84.2 Å². The third-order valence-electron chi connectivity index (χ3n) is 3.19. The van der Waals surface area contributed by atoms with E-state index in [4.69, 9.17) is 5.73 Å². The second kappa shape index (κ2) is 9.16. The quantitative estimate of drug-likeness (QED) is 0.621. The van der Waals surface area contributed by atoms with E-state index in [1.807, 2.05) is 0 Å². The molecule has 0 aromatic rings. The van der Waals surface area contributed by atoms with Crippen LogP contribution in [0.25, 0.3) is 0 Å². The normalized spacial score (nSPS) is 16.8. The zero-order chi connectivity index (χ0) is 12.7. The number of halogens is 1. The highest BCUT2D eigenvalue weighted by Gasteiger charge is 2.30. The van der Waals surface area contributed by atoms with Gasteiger partial charge in [0.15, 0.2) is 0 Å². The molecular formula is C12H24ClN3O2. The monoisotopic (exact) mass is 277 g/mol. The number of nitrogens with two attached hydrogens (primary N) is 1. The predicted octanol–water partition coefficient (Wildman–Crippen LogP) is 0.568. The van der Waals surface area contributed by atoms with Gasteiger partial charge in [-0.2, -0.15) is 0 Å². The fourth-order valence-electron chi connectivity index (χ4n) is 2.33. The predicted molar refractivity (Wildman–Crippen MR) is 73.5 cm³/mol. The van der Waals surface area contributed by atoms with E-state index in [0.29, 0.717) is 13.1 Å². The maximum Gasteiger partial charge on any atom is 0.242 e. The average Bonchev–Trinajstić information content (AvgIpc) is 2.79. The number of carbonyl (C=O) groups is 2. The Morgan fingerprint density at radius 1 is 1.33 bits per heavy atom. The van der Waals surface area contributed by atoms with Crippen molar-refractivity contribution in [2.45, 2.75) is 45.1 Å². The number of hydrogen-bond donors (Lipinski definition) is 3. The zero-order valence-corrected chi connectivity index (χ0v) is 11.7. The van der Waals surface area contributed by atoms with Crippen molar-refractivity contribution in [3.8, 4) is 0 Å². The molecule has 0 radical (unpaired) electrons. The Hall–Kier alpha value is -0.810. The molecule has 0 aromatic heterocycles. The van der Waals surface area contributed by atoms with Crippen LogP contribution in [0.1, 0.15) is 39.0 Å². The molecule has 1 saturated carbocycles. The maximum atomic E-state index is 12.0. The van der Waals surface area contributed by atoms with Crippen LogP contribution in [-0.4, -0.2) is 30.9 Å². The maximum absolute atomic E-state index is 12.0. The minimum absolute atomic E-state index is 0. The van der Waals surface area contributed by atoms with Gasteiger partial charge in [-0.25, -0.2) is 0 Å². The first kappa shape index (κ1) is 17.2. The molecule has 0 spiro atoms. The Morgan fingerprint density at radius 2 is 1.94 bits per heavy atom. The first-order chi connectivity index (χ1) is 8.15. The van der Waals surface area contributed by atoms with Gasteiger partial charge in [-0.15, -0.1) is 12.4 Å². The van der Waals surface area contributed by atoms with Crippen molar-refractivity contribution < 1.29 is 9.59 Å². The number of nitrogens with one attached hydrogen (secondary N) is 2. The molecule has 0 aromatic carbocycles. The van der Waals surface area contributed by atoms with Crippen LogP contribution in [0.4, 0.5) is 0 Å². The molecule has 6 heteroatoms. The third kappa shape index (κ3) is 5.69. The van der Waals surface area contributed by atoms with Crippen molar-refractivity contribution in [1.29, 1.82) is 0 Å². The van der Waals surface area contributed by atoms with Crippen molar-refractivity contribution in [2.24, 2.45) is 11.7 Å². The summed E-state index contributed by atoms with van der Waals surface area (Å²) in [5, 5.41) is 5.60. The molecule has 0 saturated heterocycles. The molecule has 1 unspecified atom stereocenters. The van der Waals surface area contributed by atoms with Gasteiger partial charge in [0.2, 0.25) is 11.8 Å². The third-order valence-corrected chi connectivity index (χ3v) is 3.19. The van der Waals surface area contributed by atoms with Gasteiger partial charge < -0.3 is 16.4 Å². The van der Waals surface area contributed by atoms with Gasteiger partial charge in [-0.1, -0.05) is 12.8 Å². The highest BCUT2D eigenvalue weighted by atomic mass is 35.5. The Labute approximate surface area is 115 Å². The molecule has 0 heterocycles. The fraction of sp³-hybridized carbons (Fsp3) is 0.833. The summed E-state index contributed by atoms with van der Waals surface area (Å²) in [4.78, 5) is 23.1. The second-order valence-corrected chi connectivity index (χ2v) is 4.66. The van der Waals surface area contributed by atoms with Crippen molar-refractivity contribution in [3.05, 3.63) is 0 Å². The Bertz CT molecular complexity index is 268. The lowest BCUT2D eigenvalue weighted by Crippen LogP contribution is -2.50. The summed E-state index contributed by atoms with van der Waals surface area (Å²) in [6.07, 6.45) is 5.11. The number of amides is 2. The lowest BCUT2D eigenvalue weighted by atomic mass is 9.97. The van der Waals surface area contributed by atoms with Gasteiger partial charge in [0.1, 0.15) is 6.04 Å². The molecule has 1 atom stereocenters. The van der Waals surface area contributed by atoms with Gasteiger partial charge in [-0.05, 0) is 31.7 Å². The number of carbonyl (C=O) groups excluding carboxylic acids is 2. The van der Waals surface area contributed by atoms with Crippen molar-refractivity contribution in [3.63, 3.8) is 0 Å². The SMILES string of the molecule is CC(=O)NC(C(=O)NCCCN)C1CCCC1.Cl. The summed E-state index contributed by atoms with van der Waals surface area (Å²) in [6.45, 7) is 2.60. The largest absolute Gasteiger partial charge is 0.354 e. The molecule has 4 N–H and O–H groups in total. The van der Waals surface area contributed by atoms with Crippen LogP contribution in [-0.2, 0) is 9.59 Å². The molecule has 1 aliphatic rings. The van der Waals surface area contributed by atoms with Crippen molar-refractivity contribution in [2.75, 3.05) is 13.1 Å². The van der Waals surface area contributed by atoms with E-state index in [9.17, 15) is 9.59 Å². The summed E-state index contributed by atoms with van der Waals surface area (Å²) < 4.78 is 0. The standard InChI is InChI=1S/C12H23N3O2.ClH/c1-9(16)15-11(10-5-2-3-6-10)12(17)14-8-4-7-13;/h10-11H,2-8,13H2,1H3,(H,14,17)(H,15,16);1H. The second-order valence-electron chi connectivity index (χ2n) is 4.66. The smallest absolute Gasteiger partial charge is 0.242 e. The van der Waals surface area contributed by atoms with Crippen LogP contribution < -0.4 is 16.4 Å². The van der Waals surface area contributed by atoms with Crippen LogP contribution in [0.5, 0.6) is 0 Å². The molecular weight excluding hydrogens is 254 g/mol. The van der Waals surface area contributed by atoms with Crippen molar-refractivity contribution >= 4 is 24.2 Å². The minimum Gasteiger partial charge on any atom is -0.354 e. The van der Waals surface area contributed by atoms with Gasteiger partial charge in [0, 0.05) is 13.5 Å². The van der Waals surface area contributed by atoms with E-state index in [1.54, 1.807) is 0 Å². The van der Waals surface area contributed by atoms with Crippen LogP contribution >= 0.6 is 12.4 Å². The Balaban J connectivity index is 0.00000289. The Kier molecular flexibility index (Phi) is 8.75. The highest BCUT2D eigenvalue weighted by Crippen LogP contribution is 2.27. The Morgan fingerprint density at radius 3 is 2.44 bits per heavy atom. The van der Waals surface area contributed by atoms with Crippen LogP contribution in [0.2, 0.25) is 0 Å². The van der Waals surface area contributed by atoms with Gasteiger partial charge in [0.05, 0.1) is 0 Å². The van der Waals surface area contributed by atoms with E-state index in [-0.39, 0.29) is 36.2 Å². The molecule has 18 heavy (non-hydrogen) atoms. The van der Waals surface area contributed by atoms with Gasteiger partial charge in [0.25, 0.3) is 0 Å². The van der Waals surface area contributed by atoms with Crippen LogP contribution in [0, 0.1) is 5.92 Å². The van der Waals surface area contributed by atoms with E-state index in [1.165, 1.54) is 6.92 Å². The molecule has 0 bridgehead atoms. The van der Waals surface area contributed by atoms with Crippen molar-refractivity contribution in [1.82, 2.24) is 10.6 Å². The van der Waals surface area contributed by atoms with E-state index < -0.39 is 0 Å². The van der Waals surface area contributed by atoms with Gasteiger partial charge >= 0.3 is 0 Å². The highest BCUT2D eigenvalue weighted by molar-refractivity contribution is 5.87. The van der Waals surface area contributed by atoms with E-state index >= 15 is 0 Å². The summed E-state index contributed by atoms with van der Waals surface area (Å²) in [5.41, 5.74) is 5.37. The average molecular weight is 278 g/mol. The summed E-state index contributed by atoms with van der Waals surface area (Å²) in [5.74, 6) is 0.0770. The summed E-state index contributed by atoms with van der Waals surface area (Å²) in [6, 6.07) is -0.368. The lowest BCUT2D eigenvalue weighted by molar-refractivity contribution is -0.129. The molecule has 1 aliphatic carbocycles. The molecule has 1 rings (SSSR count). The first-order valence-electron chi connectivity index (χ1n) is 6.40.